The topological polar surface area (TPSA) is 83.8 Å². The number of ether oxygens (including phenoxy) is 1. The van der Waals surface area contributed by atoms with E-state index in [9.17, 15) is 9.59 Å². The van der Waals surface area contributed by atoms with Gasteiger partial charge in [0.05, 0.1) is 6.61 Å². The van der Waals surface area contributed by atoms with E-state index in [1.807, 2.05) is 0 Å². The van der Waals surface area contributed by atoms with Gasteiger partial charge in [-0.2, -0.15) is 0 Å². The van der Waals surface area contributed by atoms with Crippen LogP contribution in [0, 0.1) is 0 Å². The number of aliphatic carboxylic acids is 1. The van der Waals surface area contributed by atoms with Crippen molar-refractivity contribution in [1.29, 1.82) is 0 Å². The molecule has 0 fully saturated rings. The van der Waals surface area contributed by atoms with Crippen molar-refractivity contribution in [3.63, 3.8) is 0 Å². The number of aliphatic hydroxyl groups is 1. The molecule has 5 nitrogen and oxygen atoms in total. The maximum absolute atomic E-state index is 10.7. The number of carbonyl (C=O) groups is 2. The summed E-state index contributed by atoms with van der Waals surface area (Å²) < 4.78 is 4.71. The monoisotopic (exact) mass is 346 g/mol. The zero-order chi connectivity index (χ0) is 16.9. The van der Waals surface area contributed by atoms with Crippen LogP contribution in [0.4, 0.5) is 0 Å². The molecule has 0 heterocycles. The van der Waals surface area contributed by atoms with Gasteiger partial charge in [0.25, 0.3) is 0 Å². The molecule has 0 amide bonds. The van der Waals surface area contributed by atoms with Crippen LogP contribution in [-0.2, 0) is 14.3 Å². The first-order valence-electron chi connectivity index (χ1n) is 7.10. The van der Waals surface area contributed by atoms with E-state index in [2.05, 4.69) is 0 Å². The summed E-state index contributed by atoms with van der Waals surface area (Å²) >= 11 is 10.7. The minimum absolute atomic E-state index is 0.118. The van der Waals surface area contributed by atoms with E-state index in [1.165, 1.54) is 0 Å². The minimum atomic E-state index is -0.741. The number of rotatable bonds is 9. The number of alkyl halides is 2. The first-order valence-corrected chi connectivity index (χ1v) is 8.17. The Balaban J connectivity index is -0.000000264. The molecule has 0 aromatic carbocycles. The lowest BCUT2D eigenvalue weighted by atomic mass is 10.2. The summed E-state index contributed by atoms with van der Waals surface area (Å²) in [6.45, 7) is 4.21. The van der Waals surface area contributed by atoms with Gasteiger partial charge in [-0.25, -0.2) is 0 Å². The van der Waals surface area contributed by atoms with Crippen LogP contribution >= 0.6 is 23.2 Å². The highest BCUT2D eigenvalue weighted by molar-refractivity contribution is 6.18. The Morgan fingerprint density at radius 3 is 1.71 bits per heavy atom. The second-order valence-electron chi connectivity index (χ2n) is 3.81. The number of carboxylic acids is 1. The number of hydrogen-bond donors (Lipinski definition) is 2. The highest BCUT2D eigenvalue weighted by Gasteiger charge is 1.98. The maximum atomic E-state index is 10.7. The Hall–Kier alpha value is -0.520. The first kappa shape index (κ1) is 25.4. The number of unbranched alkanes of at least 4 members (excludes halogenated alkanes) is 2. The Labute approximate surface area is 137 Å². The quantitative estimate of drug-likeness (QED) is 0.379. The predicted octanol–water partition coefficient (Wildman–Crippen LogP) is 3.44. The van der Waals surface area contributed by atoms with Crippen LogP contribution in [0.3, 0.4) is 0 Å². The molecule has 0 bridgehead atoms. The molecule has 7 heteroatoms. The van der Waals surface area contributed by atoms with Crippen LogP contribution in [0.5, 0.6) is 0 Å². The Bertz CT molecular complexity index is 225. The largest absolute Gasteiger partial charge is 0.481 e. The van der Waals surface area contributed by atoms with Crippen molar-refractivity contribution in [3.05, 3.63) is 0 Å². The van der Waals surface area contributed by atoms with Gasteiger partial charge in [0, 0.05) is 31.2 Å². The van der Waals surface area contributed by atoms with Crippen LogP contribution in [0.1, 0.15) is 52.4 Å². The zero-order valence-corrected chi connectivity index (χ0v) is 14.5. The highest BCUT2D eigenvalue weighted by Crippen LogP contribution is 1.98. The normalized spacial score (nSPS) is 8.81. The lowest BCUT2D eigenvalue weighted by molar-refractivity contribution is -0.143. The summed E-state index contributed by atoms with van der Waals surface area (Å²) in [6, 6.07) is 0. The van der Waals surface area contributed by atoms with Crippen LogP contribution < -0.4 is 0 Å². The fourth-order valence-corrected chi connectivity index (χ4v) is 1.35. The van der Waals surface area contributed by atoms with E-state index in [4.69, 9.17) is 38.2 Å². The van der Waals surface area contributed by atoms with E-state index >= 15 is 0 Å². The standard InChI is InChI=1S/C7H13ClO2.C5H9ClO2.C2H6O/c1-2-10-7(9)5-3-4-6-8;6-4-2-1-3-5(7)8;1-2-3/h2-6H2,1H3;1-4H2,(H,7,8);3H,2H2,1H3. The summed E-state index contributed by atoms with van der Waals surface area (Å²) in [7, 11) is 0. The van der Waals surface area contributed by atoms with Crippen molar-refractivity contribution in [3.8, 4) is 0 Å². The van der Waals surface area contributed by atoms with Crippen LogP contribution in [0.2, 0.25) is 0 Å². The van der Waals surface area contributed by atoms with E-state index in [0.29, 0.717) is 31.2 Å². The number of esters is 1. The third kappa shape index (κ3) is 38.2. The predicted molar refractivity (Wildman–Crippen MR) is 86.2 cm³/mol. The van der Waals surface area contributed by atoms with Crippen molar-refractivity contribution in [2.24, 2.45) is 0 Å². The molecule has 0 aliphatic heterocycles. The molecular weight excluding hydrogens is 319 g/mol. The summed E-state index contributed by atoms with van der Waals surface area (Å²) in [5.41, 5.74) is 0. The molecule has 2 N–H and O–H groups in total. The van der Waals surface area contributed by atoms with E-state index in [-0.39, 0.29) is 19.0 Å². The second kappa shape index (κ2) is 24.5. The van der Waals surface area contributed by atoms with Gasteiger partial charge in [0.2, 0.25) is 0 Å². The molecule has 0 aliphatic rings. The molecule has 128 valence electrons. The lowest BCUT2D eigenvalue weighted by Crippen LogP contribution is -2.03. The van der Waals surface area contributed by atoms with Gasteiger partial charge in [0.1, 0.15) is 0 Å². The number of carbonyl (C=O) groups excluding carboxylic acids is 1. The van der Waals surface area contributed by atoms with Crippen molar-refractivity contribution in [2.45, 2.75) is 52.4 Å². The van der Waals surface area contributed by atoms with Crippen LogP contribution in [0.15, 0.2) is 0 Å². The molecule has 0 rings (SSSR count). The molecule has 0 saturated carbocycles. The van der Waals surface area contributed by atoms with Gasteiger partial charge in [-0.05, 0) is 39.5 Å². The van der Waals surface area contributed by atoms with Crippen molar-refractivity contribution in [1.82, 2.24) is 0 Å². The summed E-state index contributed by atoms with van der Waals surface area (Å²) in [5, 5.41) is 15.7. The smallest absolute Gasteiger partial charge is 0.305 e. The molecule has 21 heavy (non-hydrogen) atoms. The van der Waals surface area contributed by atoms with Gasteiger partial charge in [-0.3, -0.25) is 9.59 Å². The first-order chi connectivity index (χ1) is 9.99. The Kier molecular flexibility index (Phi) is 29.7. The molecule has 0 aromatic heterocycles. The van der Waals surface area contributed by atoms with Gasteiger partial charge in [-0.15, -0.1) is 23.2 Å². The SMILES string of the molecule is CCO.CCOC(=O)CCCCCl.O=C(O)CCCCCl. The van der Waals surface area contributed by atoms with Crippen LogP contribution in [-0.4, -0.2) is 47.1 Å². The van der Waals surface area contributed by atoms with E-state index in [0.717, 1.165) is 19.3 Å². The van der Waals surface area contributed by atoms with Crippen LogP contribution in [0.25, 0.3) is 0 Å². The lowest BCUT2D eigenvalue weighted by Gasteiger charge is -1.98. The molecule has 0 atom stereocenters. The fraction of sp³-hybridized carbons (Fsp3) is 0.857. The zero-order valence-electron chi connectivity index (χ0n) is 12.9. The average molecular weight is 347 g/mol. The Morgan fingerprint density at radius 1 is 0.952 bits per heavy atom. The summed E-state index contributed by atoms with van der Waals surface area (Å²) in [6.07, 6.45) is 3.96. The third-order valence-electron chi connectivity index (χ3n) is 1.84. The molecule has 0 aromatic rings. The maximum Gasteiger partial charge on any atom is 0.305 e. The molecule has 0 saturated heterocycles. The fourth-order valence-electron chi connectivity index (χ4n) is 0.968. The van der Waals surface area contributed by atoms with Gasteiger partial charge < -0.3 is 14.9 Å². The highest BCUT2D eigenvalue weighted by atomic mass is 35.5. The minimum Gasteiger partial charge on any atom is -0.481 e. The van der Waals surface area contributed by atoms with Crippen molar-refractivity contribution < 1.29 is 24.5 Å². The number of aliphatic hydroxyl groups excluding tert-OH is 1. The molecule has 0 radical (unpaired) electrons. The van der Waals surface area contributed by atoms with Crippen molar-refractivity contribution in [2.75, 3.05) is 25.0 Å². The van der Waals surface area contributed by atoms with E-state index in [1.54, 1.807) is 13.8 Å². The van der Waals surface area contributed by atoms with Gasteiger partial charge in [0.15, 0.2) is 0 Å². The molecule has 0 spiro atoms. The summed E-state index contributed by atoms with van der Waals surface area (Å²) in [5.74, 6) is 0.329. The molecule has 0 aliphatic carbocycles. The molecular formula is C14H28Cl2O5. The number of hydrogen-bond acceptors (Lipinski definition) is 4. The Morgan fingerprint density at radius 2 is 1.38 bits per heavy atom. The van der Waals surface area contributed by atoms with E-state index < -0.39 is 5.97 Å². The third-order valence-corrected chi connectivity index (χ3v) is 2.38. The number of halogens is 2. The summed E-state index contributed by atoms with van der Waals surface area (Å²) in [4.78, 5) is 20.5. The average Bonchev–Trinajstić information content (AvgIpc) is 2.41. The number of carboxylic acid groups (broad SMARTS) is 1. The second-order valence-corrected chi connectivity index (χ2v) is 4.56. The molecule has 0 unspecified atom stereocenters. The van der Waals surface area contributed by atoms with Gasteiger partial charge >= 0.3 is 11.9 Å². The van der Waals surface area contributed by atoms with Crippen molar-refractivity contribution >= 4 is 35.1 Å². The van der Waals surface area contributed by atoms with Gasteiger partial charge in [-0.1, -0.05) is 0 Å².